The van der Waals surface area contributed by atoms with Crippen LogP contribution in [0.2, 0.25) is 0 Å². The highest BCUT2D eigenvalue weighted by Gasteiger charge is 2.03. The van der Waals surface area contributed by atoms with E-state index >= 15 is 0 Å². The fourth-order valence-corrected chi connectivity index (χ4v) is 3.12. The number of nitrogens with two attached hydrogens (primary N) is 1. The molecule has 3 N–H and O–H groups in total. The molecule has 2 aromatic rings. The minimum atomic E-state index is 0.848. The van der Waals surface area contributed by atoms with Crippen molar-refractivity contribution in [2.24, 2.45) is 0 Å². The van der Waals surface area contributed by atoms with Crippen molar-refractivity contribution in [3.05, 3.63) is 50.1 Å². The highest BCUT2D eigenvalue weighted by molar-refractivity contribution is 9.10. The number of nitrogen functional groups attached to an aromatic ring is 1. The zero-order valence-corrected chi connectivity index (χ0v) is 12.1. The van der Waals surface area contributed by atoms with Crippen LogP contribution in [0.15, 0.2) is 34.1 Å². The zero-order valence-electron chi connectivity index (χ0n) is 9.66. The summed E-state index contributed by atoms with van der Waals surface area (Å²) in [5, 5.41) is 5.53. The summed E-state index contributed by atoms with van der Waals surface area (Å²) in [6.07, 6.45) is 0. The highest BCUT2D eigenvalue weighted by Crippen LogP contribution is 2.22. The third-order valence-electron chi connectivity index (χ3n) is 2.78. The third kappa shape index (κ3) is 3.09. The van der Waals surface area contributed by atoms with Gasteiger partial charge < -0.3 is 11.1 Å². The van der Waals surface area contributed by atoms with Gasteiger partial charge in [-0.3, -0.25) is 0 Å². The third-order valence-corrected chi connectivity index (χ3v) is 4.71. The van der Waals surface area contributed by atoms with E-state index in [-0.39, 0.29) is 0 Å². The second kappa shape index (κ2) is 5.67. The molecule has 1 heterocycles. The average Bonchev–Trinajstić information content (AvgIpc) is 2.71. The van der Waals surface area contributed by atoms with Crippen molar-refractivity contribution < 1.29 is 0 Å². The molecule has 0 radical (unpaired) electrons. The highest BCUT2D eigenvalue weighted by atomic mass is 79.9. The Labute approximate surface area is 114 Å². The van der Waals surface area contributed by atoms with Crippen molar-refractivity contribution in [2.45, 2.75) is 20.0 Å². The molecule has 0 aliphatic carbocycles. The van der Waals surface area contributed by atoms with Crippen LogP contribution in [0.25, 0.3) is 0 Å². The number of anilines is 1. The average molecular weight is 311 g/mol. The maximum atomic E-state index is 5.88. The van der Waals surface area contributed by atoms with Gasteiger partial charge in [0.05, 0.1) is 0 Å². The van der Waals surface area contributed by atoms with E-state index in [1.54, 1.807) is 11.3 Å². The number of hydrogen-bond acceptors (Lipinski definition) is 3. The second-order valence-electron chi connectivity index (χ2n) is 3.93. The number of hydrogen-bond donors (Lipinski definition) is 2. The van der Waals surface area contributed by atoms with E-state index in [1.165, 1.54) is 20.5 Å². The van der Waals surface area contributed by atoms with Gasteiger partial charge in [0.25, 0.3) is 0 Å². The van der Waals surface area contributed by atoms with Gasteiger partial charge in [-0.05, 0) is 51.5 Å². The van der Waals surface area contributed by atoms with Gasteiger partial charge in [0, 0.05) is 28.1 Å². The van der Waals surface area contributed by atoms with Gasteiger partial charge in [0.15, 0.2) is 0 Å². The van der Waals surface area contributed by atoms with Gasteiger partial charge >= 0.3 is 0 Å². The number of halogens is 1. The first-order valence-electron chi connectivity index (χ1n) is 5.45. The quantitative estimate of drug-likeness (QED) is 0.845. The predicted molar refractivity (Wildman–Crippen MR) is 78.2 cm³/mol. The summed E-state index contributed by atoms with van der Waals surface area (Å²) >= 11 is 5.29. The molecule has 2 rings (SSSR count). The molecule has 0 saturated carbocycles. The Kier molecular flexibility index (Phi) is 4.20. The first kappa shape index (κ1) is 12.6. The molecule has 0 atom stereocenters. The molecule has 0 unspecified atom stereocenters. The monoisotopic (exact) mass is 310 g/mol. The summed E-state index contributed by atoms with van der Waals surface area (Å²) in [4.78, 5) is 1.33. The first-order valence-corrected chi connectivity index (χ1v) is 7.12. The van der Waals surface area contributed by atoms with Crippen molar-refractivity contribution in [2.75, 3.05) is 5.73 Å². The van der Waals surface area contributed by atoms with Gasteiger partial charge in [0.1, 0.15) is 0 Å². The lowest BCUT2D eigenvalue weighted by molar-refractivity contribution is 0.697. The van der Waals surface area contributed by atoms with Crippen LogP contribution in [0.4, 0.5) is 5.69 Å². The van der Waals surface area contributed by atoms with E-state index in [0.29, 0.717) is 0 Å². The molecule has 2 nitrogen and oxygen atoms in total. The van der Waals surface area contributed by atoms with Crippen LogP contribution in [0.1, 0.15) is 16.0 Å². The van der Waals surface area contributed by atoms with Gasteiger partial charge in [-0.15, -0.1) is 11.3 Å². The number of nitrogens with one attached hydrogen (secondary N) is 1. The van der Waals surface area contributed by atoms with E-state index in [0.717, 1.165) is 18.8 Å². The molecule has 1 aromatic heterocycles. The Morgan fingerprint density at radius 2 is 2.12 bits per heavy atom. The molecular formula is C13H15BrN2S. The molecule has 1 aromatic carbocycles. The Hall–Kier alpha value is -0.840. The van der Waals surface area contributed by atoms with Gasteiger partial charge in [0.2, 0.25) is 0 Å². The minimum Gasteiger partial charge on any atom is -0.399 e. The summed E-state index contributed by atoms with van der Waals surface area (Å²) in [5.41, 5.74) is 9.17. The standard InChI is InChI=1S/C13H15BrN2S/c1-9-10(3-2-4-12(9)15)7-16-8-13-11(14)5-6-17-13/h2-6,16H,7-8,15H2,1H3. The van der Waals surface area contributed by atoms with E-state index in [2.05, 4.69) is 45.7 Å². The lowest BCUT2D eigenvalue weighted by Gasteiger charge is -2.09. The largest absolute Gasteiger partial charge is 0.399 e. The summed E-state index contributed by atoms with van der Waals surface area (Å²) in [5.74, 6) is 0. The number of benzene rings is 1. The molecule has 0 fully saturated rings. The topological polar surface area (TPSA) is 38.0 Å². The lowest BCUT2D eigenvalue weighted by Crippen LogP contribution is -2.13. The van der Waals surface area contributed by atoms with Crippen LogP contribution in [-0.4, -0.2) is 0 Å². The van der Waals surface area contributed by atoms with Crippen molar-refractivity contribution >= 4 is 33.0 Å². The fraction of sp³-hybridized carbons (Fsp3) is 0.231. The Bertz CT molecular complexity index is 508. The van der Waals surface area contributed by atoms with Gasteiger partial charge in [-0.2, -0.15) is 0 Å². The molecule has 4 heteroatoms. The van der Waals surface area contributed by atoms with Crippen molar-refractivity contribution in [3.63, 3.8) is 0 Å². The fourth-order valence-electron chi connectivity index (χ4n) is 1.66. The Morgan fingerprint density at radius 3 is 2.82 bits per heavy atom. The molecule has 0 spiro atoms. The molecule has 17 heavy (non-hydrogen) atoms. The predicted octanol–water partition coefficient (Wildman–Crippen LogP) is 3.69. The smallest absolute Gasteiger partial charge is 0.0346 e. The van der Waals surface area contributed by atoms with Crippen LogP contribution in [0, 0.1) is 6.92 Å². The summed E-state index contributed by atoms with van der Waals surface area (Å²) < 4.78 is 1.18. The van der Waals surface area contributed by atoms with E-state index in [9.17, 15) is 0 Å². The van der Waals surface area contributed by atoms with E-state index in [4.69, 9.17) is 5.73 Å². The molecule has 90 valence electrons. The van der Waals surface area contributed by atoms with Crippen LogP contribution in [0.5, 0.6) is 0 Å². The van der Waals surface area contributed by atoms with Crippen LogP contribution < -0.4 is 11.1 Å². The Morgan fingerprint density at radius 1 is 1.29 bits per heavy atom. The number of rotatable bonds is 4. The van der Waals surface area contributed by atoms with Crippen LogP contribution >= 0.6 is 27.3 Å². The van der Waals surface area contributed by atoms with E-state index in [1.807, 2.05) is 12.1 Å². The Balaban J connectivity index is 1.95. The molecular weight excluding hydrogens is 296 g/mol. The summed E-state index contributed by atoms with van der Waals surface area (Å²) in [6.45, 7) is 3.79. The SMILES string of the molecule is Cc1c(N)cccc1CNCc1sccc1Br. The van der Waals surface area contributed by atoms with Crippen molar-refractivity contribution in [3.8, 4) is 0 Å². The number of thiophene rings is 1. The maximum absolute atomic E-state index is 5.88. The lowest BCUT2D eigenvalue weighted by atomic mass is 10.1. The molecule has 0 bridgehead atoms. The van der Waals surface area contributed by atoms with Crippen molar-refractivity contribution in [1.29, 1.82) is 0 Å². The first-order chi connectivity index (χ1) is 8.18. The van der Waals surface area contributed by atoms with Gasteiger partial charge in [-0.25, -0.2) is 0 Å². The summed E-state index contributed by atoms with van der Waals surface area (Å²) in [7, 11) is 0. The minimum absolute atomic E-state index is 0.848. The van der Waals surface area contributed by atoms with Gasteiger partial charge in [-0.1, -0.05) is 12.1 Å². The molecule has 0 aliphatic heterocycles. The second-order valence-corrected chi connectivity index (χ2v) is 5.78. The maximum Gasteiger partial charge on any atom is 0.0346 e. The van der Waals surface area contributed by atoms with E-state index < -0.39 is 0 Å². The van der Waals surface area contributed by atoms with Crippen molar-refractivity contribution in [1.82, 2.24) is 5.32 Å². The molecule has 0 amide bonds. The molecule has 0 aliphatic rings. The zero-order chi connectivity index (χ0) is 12.3. The molecule has 0 saturated heterocycles. The van der Waals surface area contributed by atoms with Crippen LogP contribution in [0.3, 0.4) is 0 Å². The van der Waals surface area contributed by atoms with Crippen LogP contribution in [-0.2, 0) is 13.1 Å². The normalized spacial score (nSPS) is 10.7. The summed E-state index contributed by atoms with van der Waals surface area (Å²) in [6, 6.07) is 8.13.